The fraction of sp³-hybridized carbons (Fsp3) is 0.209. The van der Waals surface area contributed by atoms with Crippen LogP contribution in [0.4, 0.5) is 0 Å². The minimum Gasteiger partial charge on any atom is -0.457 e. The van der Waals surface area contributed by atoms with Crippen LogP contribution in [0.2, 0.25) is 0 Å². The number of rotatable bonds is 4. The summed E-state index contributed by atoms with van der Waals surface area (Å²) in [5.74, 6) is 1.69. The zero-order chi connectivity index (χ0) is 32.1. The second-order valence-corrected chi connectivity index (χ2v) is 14.3. The zero-order valence-electron chi connectivity index (χ0n) is 27.5. The van der Waals surface area contributed by atoms with Crippen molar-refractivity contribution in [2.75, 3.05) is 0 Å². The van der Waals surface area contributed by atoms with Gasteiger partial charge in [0.2, 0.25) is 0 Å². The third-order valence-electron chi connectivity index (χ3n) is 9.18. The highest BCUT2D eigenvalue weighted by Crippen LogP contribution is 2.56. The van der Waals surface area contributed by atoms with Crippen LogP contribution >= 0.6 is 0 Å². The fourth-order valence-corrected chi connectivity index (χ4v) is 6.61. The maximum atomic E-state index is 6.80. The van der Waals surface area contributed by atoms with Crippen LogP contribution in [-0.2, 0) is 16.2 Å². The van der Waals surface area contributed by atoms with Crippen LogP contribution in [-0.4, -0.2) is 9.97 Å². The molecular weight excluding hydrogens is 560 g/mol. The Bertz CT molecular complexity index is 1880. The van der Waals surface area contributed by atoms with Crippen molar-refractivity contribution in [1.29, 1.82) is 0 Å². The Morgan fingerprint density at radius 1 is 0.522 bits per heavy atom. The van der Waals surface area contributed by atoms with Crippen LogP contribution in [0.3, 0.4) is 0 Å². The van der Waals surface area contributed by atoms with Gasteiger partial charge in [0.15, 0.2) is 0 Å². The Kier molecular flexibility index (Phi) is 7.16. The normalized spacial score (nSPS) is 13.8. The standard InChI is InChI=1S/C43H40N2O/c1-41(2,3)31-21-23-38-34(27-31)43(35-28-32(42(4,5)6)22-24-39(35)46-38,33-17-12-16-30(26-33)36-18-10-11-25-44-36)40-20-13-19-37(45-40)29-14-8-7-9-15-29/h7-28H,1-6H3. The van der Waals surface area contributed by atoms with Gasteiger partial charge >= 0.3 is 0 Å². The molecule has 0 unspecified atom stereocenters. The summed E-state index contributed by atoms with van der Waals surface area (Å²) in [6.07, 6.45) is 1.85. The second-order valence-electron chi connectivity index (χ2n) is 14.3. The van der Waals surface area contributed by atoms with Gasteiger partial charge in [-0.25, -0.2) is 0 Å². The summed E-state index contributed by atoms with van der Waals surface area (Å²) in [5.41, 5.74) is 9.86. The Morgan fingerprint density at radius 3 is 1.72 bits per heavy atom. The average Bonchev–Trinajstić information content (AvgIpc) is 3.07. The van der Waals surface area contributed by atoms with E-state index in [-0.39, 0.29) is 10.8 Å². The Hall–Kier alpha value is -5.02. The van der Waals surface area contributed by atoms with Gasteiger partial charge in [0.1, 0.15) is 11.5 Å². The van der Waals surface area contributed by atoms with E-state index in [1.807, 2.05) is 24.4 Å². The highest BCUT2D eigenvalue weighted by molar-refractivity contribution is 5.73. The third kappa shape index (κ3) is 5.10. The predicted octanol–water partition coefficient (Wildman–Crippen LogP) is 10.9. The van der Waals surface area contributed by atoms with Crippen molar-refractivity contribution in [2.24, 2.45) is 0 Å². The van der Waals surface area contributed by atoms with Crippen LogP contribution in [0, 0.1) is 0 Å². The van der Waals surface area contributed by atoms with Gasteiger partial charge in [-0.1, -0.05) is 114 Å². The van der Waals surface area contributed by atoms with Gasteiger partial charge in [-0.05, 0) is 82.1 Å². The first kappa shape index (κ1) is 29.7. The second kappa shape index (κ2) is 11.1. The predicted molar refractivity (Wildman–Crippen MR) is 189 cm³/mol. The van der Waals surface area contributed by atoms with E-state index < -0.39 is 5.41 Å². The first-order valence-corrected chi connectivity index (χ1v) is 16.1. The highest BCUT2D eigenvalue weighted by atomic mass is 16.5. The van der Waals surface area contributed by atoms with Crippen molar-refractivity contribution in [3.63, 3.8) is 0 Å². The molecule has 228 valence electrons. The Balaban J connectivity index is 1.64. The van der Waals surface area contributed by atoms with Crippen LogP contribution < -0.4 is 4.74 Å². The van der Waals surface area contributed by atoms with E-state index in [0.29, 0.717) is 0 Å². The molecule has 46 heavy (non-hydrogen) atoms. The quantitative estimate of drug-likeness (QED) is 0.202. The molecule has 3 heteroatoms. The number of pyridine rings is 2. The molecule has 6 aromatic rings. The molecule has 4 aromatic carbocycles. The smallest absolute Gasteiger partial charge is 0.132 e. The largest absolute Gasteiger partial charge is 0.457 e. The van der Waals surface area contributed by atoms with Crippen LogP contribution in [0.25, 0.3) is 22.5 Å². The lowest BCUT2D eigenvalue weighted by Crippen LogP contribution is -2.36. The third-order valence-corrected chi connectivity index (χ3v) is 9.18. The number of fused-ring (bicyclic) bond motifs is 2. The van der Waals surface area contributed by atoms with Crippen LogP contribution in [0.5, 0.6) is 11.5 Å². The van der Waals surface area contributed by atoms with E-state index in [1.165, 1.54) is 11.1 Å². The molecule has 0 fully saturated rings. The summed E-state index contributed by atoms with van der Waals surface area (Å²) in [6, 6.07) is 45.2. The van der Waals surface area contributed by atoms with Crippen LogP contribution in [0.1, 0.15) is 75.1 Å². The van der Waals surface area contributed by atoms with Crippen molar-refractivity contribution in [1.82, 2.24) is 9.97 Å². The molecule has 1 aliphatic rings. The molecule has 2 aromatic heterocycles. The summed E-state index contributed by atoms with van der Waals surface area (Å²) in [4.78, 5) is 10.3. The lowest BCUT2D eigenvalue weighted by atomic mass is 9.63. The van der Waals surface area contributed by atoms with E-state index in [2.05, 4.69) is 151 Å². The number of ether oxygens (including phenoxy) is 1. The Morgan fingerprint density at radius 2 is 1.11 bits per heavy atom. The number of benzene rings is 4. The van der Waals surface area contributed by atoms with Gasteiger partial charge in [-0.2, -0.15) is 0 Å². The minimum atomic E-state index is -0.777. The van der Waals surface area contributed by atoms with Crippen molar-refractivity contribution in [3.8, 4) is 34.0 Å². The SMILES string of the molecule is CC(C)(C)c1ccc2c(c1)C(c1cccc(-c3ccccn3)c1)(c1cccc(-c3ccccc3)n1)c1cc(C(C)(C)C)ccc1O2. The molecule has 0 spiro atoms. The molecule has 0 amide bonds. The molecule has 7 rings (SSSR count). The molecule has 0 N–H and O–H groups in total. The van der Waals surface area contributed by atoms with Crippen LogP contribution in [0.15, 0.2) is 134 Å². The summed E-state index contributed by atoms with van der Waals surface area (Å²) < 4.78 is 6.80. The monoisotopic (exact) mass is 600 g/mol. The van der Waals surface area contributed by atoms with Gasteiger partial charge < -0.3 is 4.74 Å². The van der Waals surface area contributed by atoms with E-state index in [1.54, 1.807) is 0 Å². The first-order valence-electron chi connectivity index (χ1n) is 16.1. The van der Waals surface area contributed by atoms with Crippen molar-refractivity contribution in [3.05, 3.63) is 167 Å². The maximum Gasteiger partial charge on any atom is 0.132 e. The average molecular weight is 601 g/mol. The maximum absolute atomic E-state index is 6.80. The molecule has 0 radical (unpaired) electrons. The molecule has 1 aliphatic heterocycles. The fourth-order valence-electron chi connectivity index (χ4n) is 6.61. The number of hydrogen-bond acceptors (Lipinski definition) is 3. The molecule has 0 saturated carbocycles. The summed E-state index contributed by atoms with van der Waals surface area (Å²) in [6.45, 7) is 13.6. The molecular formula is C43H40N2O. The summed E-state index contributed by atoms with van der Waals surface area (Å²) in [7, 11) is 0. The van der Waals surface area contributed by atoms with Gasteiger partial charge in [-0.15, -0.1) is 0 Å². The Labute approximate surface area is 273 Å². The van der Waals surface area contributed by atoms with E-state index in [0.717, 1.165) is 56.4 Å². The molecule has 0 aliphatic carbocycles. The number of aromatic nitrogens is 2. The summed E-state index contributed by atoms with van der Waals surface area (Å²) in [5, 5.41) is 0. The number of nitrogens with zero attached hydrogens (tertiary/aromatic N) is 2. The molecule has 0 bridgehead atoms. The lowest BCUT2D eigenvalue weighted by molar-refractivity contribution is 0.429. The number of hydrogen-bond donors (Lipinski definition) is 0. The van der Waals surface area contributed by atoms with Crippen molar-refractivity contribution < 1.29 is 4.74 Å². The van der Waals surface area contributed by atoms with Gasteiger partial charge in [-0.3, -0.25) is 9.97 Å². The van der Waals surface area contributed by atoms with E-state index >= 15 is 0 Å². The highest BCUT2D eigenvalue weighted by Gasteiger charge is 2.47. The van der Waals surface area contributed by atoms with Crippen molar-refractivity contribution >= 4 is 0 Å². The van der Waals surface area contributed by atoms with Gasteiger partial charge in [0, 0.05) is 28.5 Å². The topological polar surface area (TPSA) is 35.0 Å². The minimum absolute atomic E-state index is 0.0660. The molecule has 0 atom stereocenters. The van der Waals surface area contributed by atoms with Crippen molar-refractivity contribution in [2.45, 2.75) is 57.8 Å². The zero-order valence-corrected chi connectivity index (χ0v) is 27.5. The molecule has 3 heterocycles. The van der Waals surface area contributed by atoms with E-state index in [4.69, 9.17) is 14.7 Å². The molecule has 3 nitrogen and oxygen atoms in total. The summed E-state index contributed by atoms with van der Waals surface area (Å²) >= 11 is 0. The van der Waals surface area contributed by atoms with E-state index in [9.17, 15) is 0 Å². The first-order chi connectivity index (χ1) is 22.0. The molecule has 0 saturated heterocycles. The van der Waals surface area contributed by atoms with Gasteiger partial charge in [0.05, 0.1) is 22.5 Å². The lowest BCUT2D eigenvalue weighted by Gasteiger charge is -2.42. The van der Waals surface area contributed by atoms with Gasteiger partial charge in [0.25, 0.3) is 0 Å².